The minimum Gasteiger partial charge on any atom is -0.497 e. The summed E-state index contributed by atoms with van der Waals surface area (Å²) in [5.41, 5.74) is 1.67. The SMILES string of the molecule is COc1ccc2nc(OC3CCN(C(=O)c4ccc(SC(C)C)cc4)CC3)sc2c1. The number of ether oxygens (including phenoxy) is 2. The molecular formula is C23H26N2O3S2. The van der Waals surface area contributed by atoms with Crippen LogP contribution < -0.4 is 9.47 Å². The Labute approximate surface area is 185 Å². The number of likely N-dealkylation sites (tertiary alicyclic amines) is 1. The predicted molar refractivity (Wildman–Crippen MR) is 123 cm³/mol. The number of thioether (sulfide) groups is 1. The van der Waals surface area contributed by atoms with E-state index in [-0.39, 0.29) is 12.0 Å². The molecule has 2 aromatic carbocycles. The highest BCUT2D eigenvalue weighted by molar-refractivity contribution is 7.99. The Hall–Kier alpha value is -2.25. The normalized spacial score (nSPS) is 15.0. The van der Waals surface area contributed by atoms with Crippen LogP contribution in [0.5, 0.6) is 10.9 Å². The lowest BCUT2D eigenvalue weighted by Gasteiger charge is -2.31. The van der Waals surface area contributed by atoms with Crippen LogP contribution in [0.4, 0.5) is 0 Å². The van der Waals surface area contributed by atoms with Gasteiger partial charge in [-0.15, -0.1) is 11.8 Å². The average Bonchev–Trinajstić information content (AvgIpc) is 3.15. The Morgan fingerprint density at radius 3 is 2.57 bits per heavy atom. The summed E-state index contributed by atoms with van der Waals surface area (Å²) >= 11 is 3.34. The van der Waals surface area contributed by atoms with Gasteiger partial charge in [-0.2, -0.15) is 0 Å². The molecule has 30 heavy (non-hydrogen) atoms. The van der Waals surface area contributed by atoms with E-state index in [4.69, 9.17) is 9.47 Å². The Balaban J connectivity index is 1.32. The standard InChI is InChI=1S/C23H26N2O3S2/c1-15(2)29-19-7-4-16(5-8-19)22(26)25-12-10-17(11-13-25)28-23-24-20-9-6-18(27-3)14-21(20)30-23/h4-9,14-15,17H,10-13H2,1-3H3. The summed E-state index contributed by atoms with van der Waals surface area (Å²) in [7, 11) is 1.66. The fourth-order valence-corrected chi connectivity index (χ4v) is 5.26. The van der Waals surface area contributed by atoms with Crippen molar-refractivity contribution in [3.05, 3.63) is 48.0 Å². The molecule has 0 saturated carbocycles. The van der Waals surface area contributed by atoms with Crippen molar-refractivity contribution in [3.8, 4) is 10.9 Å². The molecule has 1 fully saturated rings. The molecule has 0 aliphatic carbocycles. The Kier molecular flexibility index (Phi) is 6.49. The van der Waals surface area contributed by atoms with E-state index in [1.54, 1.807) is 18.9 Å². The smallest absolute Gasteiger partial charge is 0.274 e. The number of methoxy groups -OCH3 is 1. The Morgan fingerprint density at radius 2 is 1.90 bits per heavy atom. The molecule has 0 bridgehead atoms. The van der Waals surface area contributed by atoms with Crippen molar-refractivity contribution in [1.29, 1.82) is 0 Å². The van der Waals surface area contributed by atoms with E-state index in [0.717, 1.165) is 34.4 Å². The highest BCUT2D eigenvalue weighted by Gasteiger charge is 2.25. The van der Waals surface area contributed by atoms with Crippen molar-refractivity contribution in [2.75, 3.05) is 20.2 Å². The third kappa shape index (κ3) is 4.90. The van der Waals surface area contributed by atoms with E-state index >= 15 is 0 Å². The zero-order valence-electron chi connectivity index (χ0n) is 17.5. The van der Waals surface area contributed by atoms with Crippen molar-refractivity contribution in [1.82, 2.24) is 9.88 Å². The summed E-state index contributed by atoms with van der Waals surface area (Å²) in [4.78, 5) is 20.5. The number of aromatic nitrogens is 1. The van der Waals surface area contributed by atoms with Crippen LogP contribution in [0.25, 0.3) is 10.2 Å². The molecular weight excluding hydrogens is 416 g/mol. The van der Waals surface area contributed by atoms with Crippen LogP contribution in [0, 0.1) is 0 Å². The van der Waals surface area contributed by atoms with Crippen molar-refractivity contribution >= 4 is 39.2 Å². The number of nitrogens with zero attached hydrogens (tertiary/aromatic N) is 2. The molecule has 1 amide bonds. The summed E-state index contributed by atoms with van der Waals surface area (Å²) < 4.78 is 12.5. The van der Waals surface area contributed by atoms with Gasteiger partial charge in [0.2, 0.25) is 0 Å². The van der Waals surface area contributed by atoms with Gasteiger partial charge in [-0.3, -0.25) is 4.79 Å². The van der Waals surface area contributed by atoms with Gasteiger partial charge in [0.05, 0.1) is 17.3 Å². The number of benzene rings is 2. The summed E-state index contributed by atoms with van der Waals surface area (Å²) in [6, 6.07) is 13.8. The van der Waals surface area contributed by atoms with Crippen LogP contribution in [0.3, 0.4) is 0 Å². The third-order valence-corrected chi connectivity index (χ3v) is 6.97. The molecule has 0 N–H and O–H groups in total. The van der Waals surface area contributed by atoms with Gasteiger partial charge >= 0.3 is 0 Å². The number of piperidine rings is 1. The first-order valence-electron chi connectivity index (χ1n) is 10.2. The van der Waals surface area contributed by atoms with Crippen LogP contribution in [0.15, 0.2) is 47.4 Å². The van der Waals surface area contributed by atoms with E-state index in [2.05, 4.69) is 18.8 Å². The van der Waals surface area contributed by atoms with Crippen molar-refractivity contribution < 1.29 is 14.3 Å². The zero-order chi connectivity index (χ0) is 21.1. The van der Waals surface area contributed by atoms with Crippen LogP contribution in [0.1, 0.15) is 37.0 Å². The lowest BCUT2D eigenvalue weighted by molar-refractivity contribution is 0.0595. The van der Waals surface area contributed by atoms with Crippen LogP contribution >= 0.6 is 23.1 Å². The fourth-order valence-electron chi connectivity index (χ4n) is 3.51. The molecule has 1 aliphatic rings. The Bertz CT molecular complexity index is 1010. The first kappa shape index (κ1) is 21.0. The van der Waals surface area contributed by atoms with Gasteiger partial charge < -0.3 is 14.4 Å². The minimum absolute atomic E-state index is 0.0846. The van der Waals surface area contributed by atoms with Gasteiger partial charge in [0.15, 0.2) is 0 Å². The van der Waals surface area contributed by atoms with Gasteiger partial charge in [0.25, 0.3) is 11.1 Å². The predicted octanol–water partition coefficient (Wildman–Crippen LogP) is 5.49. The number of fused-ring (bicyclic) bond motifs is 1. The molecule has 0 radical (unpaired) electrons. The Morgan fingerprint density at radius 1 is 1.17 bits per heavy atom. The maximum absolute atomic E-state index is 12.8. The second-order valence-electron chi connectivity index (χ2n) is 7.61. The molecule has 158 valence electrons. The van der Waals surface area contributed by atoms with E-state index < -0.39 is 0 Å². The third-order valence-electron chi connectivity index (χ3n) is 5.05. The molecule has 0 atom stereocenters. The summed E-state index contributed by atoms with van der Waals surface area (Å²) in [6.07, 6.45) is 1.71. The summed E-state index contributed by atoms with van der Waals surface area (Å²) in [5, 5.41) is 1.21. The molecule has 1 saturated heterocycles. The van der Waals surface area contributed by atoms with Gasteiger partial charge in [-0.1, -0.05) is 25.2 Å². The van der Waals surface area contributed by atoms with E-state index in [1.807, 2.05) is 47.4 Å². The number of thiazole rings is 1. The molecule has 2 heterocycles. The lowest BCUT2D eigenvalue weighted by Crippen LogP contribution is -2.41. The largest absolute Gasteiger partial charge is 0.497 e. The number of carbonyl (C=O) groups is 1. The summed E-state index contributed by atoms with van der Waals surface area (Å²) in [6.45, 7) is 5.73. The molecule has 4 rings (SSSR count). The first-order valence-corrected chi connectivity index (χ1v) is 11.9. The van der Waals surface area contributed by atoms with Crippen LogP contribution in [-0.2, 0) is 0 Å². The zero-order valence-corrected chi connectivity index (χ0v) is 19.1. The molecule has 1 aromatic heterocycles. The number of rotatable bonds is 6. The number of amides is 1. The van der Waals surface area contributed by atoms with Crippen molar-refractivity contribution in [2.45, 2.75) is 42.9 Å². The first-order chi connectivity index (χ1) is 14.5. The monoisotopic (exact) mass is 442 g/mol. The lowest BCUT2D eigenvalue weighted by atomic mass is 10.1. The molecule has 0 unspecified atom stereocenters. The van der Waals surface area contributed by atoms with Crippen LogP contribution in [-0.4, -0.2) is 47.3 Å². The molecule has 5 nitrogen and oxygen atoms in total. The molecule has 3 aromatic rings. The van der Waals surface area contributed by atoms with E-state index in [0.29, 0.717) is 23.5 Å². The maximum atomic E-state index is 12.8. The number of hydrogen-bond acceptors (Lipinski definition) is 6. The van der Waals surface area contributed by atoms with Crippen molar-refractivity contribution in [2.24, 2.45) is 0 Å². The fraction of sp³-hybridized carbons (Fsp3) is 0.391. The van der Waals surface area contributed by atoms with Gasteiger partial charge in [-0.25, -0.2) is 4.98 Å². The minimum atomic E-state index is 0.0846. The second-order valence-corrected chi connectivity index (χ2v) is 10.3. The quantitative estimate of drug-likeness (QED) is 0.473. The number of carbonyl (C=O) groups excluding carboxylic acids is 1. The molecule has 0 spiro atoms. The topological polar surface area (TPSA) is 51.7 Å². The molecule has 1 aliphatic heterocycles. The second kappa shape index (κ2) is 9.27. The molecule has 7 heteroatoms. The van der Waals surface area contributed by atoms with Crippen LogP contribution in [0.2, 0.25) is 0 Å². The van der Waals surface area contributed by atoms with Gasteiger partial charge in [0.1, 0.15) is 11.9 Å². The van der Waals surface area contributed by atoms with Gasteiger partial charge in [0, 0.05) is 41.6 Å². The maximum Gasteiger partial charge on any atom is 0.274 e. The number of hydrogen-bond donors (Lipinski definition) is 0. The van der Waals surface area contributed by atoms with Gasteiger partial charge in [-0.05, 0) is 42.5 Å². The average molecular weight is 443 g/mol. The highest BCUT2D eigenvalue weighted by atomic mass is 32.2. The highest BCUT2D eigenvalue weighted by Crippen LogP contribution is 2.32. The van der Waals surface area contributed by atoms with Crippen molar-refractivity contribution in [3.63, 3.8) is 0 Å². The van der Waals surface area contributed by atoms with E-state index in [9.17, 15) is 4.79 Å². The van der Waals surface area contributed by atoms with E-state index in [1.165, 1.54) is 16.2 Å². The summed E-state index contributed by atoms with van der Waals surface area (Å²) in [5.74, 6) is 0.919.